The summed E-state index contributed by atoms with van der Waals surface area (Å²) in [7, 11) is 0. The zero-order valence-electron chi connectivity index (χ0n) is 26.0. The molecule has 0 fully saturated rings. The Kier molecular flexibility index (Phi) is 8.01. The van der Waals surface area contributed by atoms with Gasteiger partial charge in [-0.3, -0.25) is 0 Å². The molecule has 1 heterocycles. The molecule has 222 valence electrons. The van der Waals surface area contributed by atoms with Crippen LogP contribution < -0.4 is 0 Å². The summed E-state index contributed by atoms with van der Waals surface area (Å²) in [6, 6.07) is 25.3. The number of carbonyl (C=O) groups is 2. The van der Waals surface area contributed by atoms with Gasteiger partial charge in [-0.15, -0.1) is 0 Å². The SMILES string of the molecule is Cc1cccc(C#Cc2c3c(c4[se]c5ccccc5c4c2-c2cccc(C)c2)CC(C(=O)OC(C)C)(C(=O)OC(C)C)C3)c1. The first-order valence-corrected chi connectivity index (χ1v) is 16.9. The van der Waals surface area contributed by atoms with E-state index >= 15 is 0 Å². The first kappa shape index (κ1) is 29.9. The molecule has 0 unspecified atom stereocenters. The van der Waals surface area contributed by atoms with Crippen molar-refractivity contribution in [2.75, 3.05) is 0 Å². The first-order valence-electron chi connectivity index (χ1n) is 15.1. The fraction of sp³-hybridized carbons (Fsp3) is 0.282. The van der Waals surface area contributed by atoms with Crippen LogP contribution >= 0.6 is 0 Å². The van der Waals surface area contributed by atoms with Gasteiger partial charge in [-0.2, -0.15) is 0 Å². The summed E-state index contributed by atoms with van der Waals surface area (Å²) >= 11 is -0.00291. The van der Waals surface area contributed by atoms with Crippen LogP contribution in [0.15, 0.2) is 72.8 Å². The van der Waals surface area contributed by atoms with Crippen LogP contribution in [0.2, 0.25) is 0 Å². The van der Waals surface area contributed by atoms with Crippen molar-refractivity contribution >= 4 is 45.7 Å². The van der Waals surface area contributed by atoms with Crippen LogP contribution in [-0.2, 0) is 31.9 Å². The molecule has 5 aromatic rings. The van der Waals surface area contributed by atoms with E-state index in [4.69, 9.17) is 9.47 Å². The number of rotatable bonds is 5. The molecule has 0 aliphatic heterocycles. The maximum atomic E-state index is 14.0. The van der Waals surface area contributed by atoms with Crippen LogP contribution in [0.25, 0.3) is 30.4 Å². The molecule has 0 atom stereocenters. The molecule has 6 rings (SSSR count). The molecule has 5 heteroatoms. The number of benzene rings is 4. The molecule has 1 aliphatic rings. The standard InChI is InChI=1S/C39H36O4Se/c1-23(2)42-37(40)39(38(41)43-24(3)4)21-31-29(18-17-27-13-9-11-25(5)19-27)34(28-14-10-12-26(6)20-28)35-30-15-7-8-16-33(30)44-36(35)32(31)22-39/h7-16,19-20,23-24H,21-22H2,1-6H3. The summed E-state index contributed by atoms with van der Waals surface area (Å²) in [4.78, 5) is 27.9. The zero-order chi connectivity index (χ0) is 31.2. The predicted octanol–water partition coefficient (Wildman–Crippen LogP) is 7.72. The summed E-state index contributed by atoms with van der Waals surface area (Å²) in [6.07, 6.45) is -0.296. The van der Waals surface area contributed by atoms with E-state index in [0.717, 1.165) is 44.5 Å². The van der Waals surface area contributed by atoms with Crippen LogP contribution in [-0.4, -0.2) is 38.7 Å². The predicted molar refractivity (Wildman–Crippen MR) is 178 cm³/mol. The molecule has 0 N–H and O–H groups in total. The van der Waals surface area contributed by atoms with Crippen molar-refractivity contribution in [2.24, 2.45) is 5.41 Å². The fourth-order valence-corrected chi connectivity index (χ4v) is 8.91. The number of carbonyl (C=O) groups excluding carboxylic acids is 2. The number of ether oxygens (including phenoxy) is 2. The molecular weight excluding hydrogens is 611 g/mol. The topological polar surface area (TPSA) is 52.6 Å². The zero-order valence-corrected chi connectivity index (χ0v) is 27.8. The molecule has 0 bridgehead atoms. The second-order valence-corrected chi connectivity index (χ2v) is 14.5. The number of aryl methyl sites for hydroxylation is 2. The van der Waals surface area contributed by atoms with E-state index in [9.17, 15) is 9.59 Å². The maximum absolute atomic E-state index is 14.0. The Hall–Kier alpha value is -4.10. The Labute approximate surface area is 265 Å². The quantitative estimate of drug-likeness (QED) is 0.0849. The summed E-state index contributed by atoms with van der Waals surface area (Å²) in [6.45, 7) is 11.4. The molecule has 0 amide bonds. The molecule has 44 heavy (non-hydrogen) atoms. The molecule has 1 aliphatic carbocycles. The van der Waals surface area contributed by atoms with Gasteiger partial charge in [0.15, 0.2) is 0 Å². The summed E-state index contributed by atoms with van der Waals surface area (Å²) < 4.78 is 14.1. The fourth-order valence-electron chi connectivity index (χ4n) is 6.23. The number of hydrogen-bond acceptors (Lipinski definition) is 4. The van der Waals surface area contributed by atoms with Crippen LogP contribution in [0, 0.1) is 31.1 Å². The van der Waals surface area contributed by atoms with E-state index in [1.54, 1.807) is 0 Å². The van der Waals surface area contributed by atoms with Crippen molar-refractivity contribution in [1.82, 2.24) is 0 Å². The third kappa shape index (κ3) is 5.38. The van der Waals surface area contributed by atoms with E-state index < -0.39 is 17.4 Å². The third-order valence-corrected chi connectivity index (χ3v) is 10.7. The van der Waals surface area contributed by atoms with E-state index in [0.29, 0.717) is 0 Å². The van der Waals surface area contributed by atoms with Crippen molar-refractivity contribution in [3.05, 3.63) is 106 Å². The minimum absolute atomic E-state index is 0.00291. The van der Waals surface area contributed by atoms with Crippen LogP contribution in [0.1, 0.15) is 61.1 Å². The van der Waals surface area contributed by atoms with Gasteiger partial charge in [0.05, 0.1) is 0 Å². The summed E-state index contributed by atoms with van der Waals surface area (Å²) in [5.41, 5.74) is 6.76. The van der Waals surface area contributed by atoms with Crippen LogP contribution in [0.3, 0.4) is 0 Å². The van der Waals surface area contributed by atoms with Crippen LogP contribution in [0.5, 0.6) is 0 Å². The second kappa shape index (κ2) is 11.8. The summed E-state index contributed by atoms with van der Waals surface area (Å²) in [5.74, 6) is 5.98. The van der Waals surface area contributed by atoms with Gasteiger partial charge in [0.2, 0.25) is 0 Å². The van der Waals surface area contributed by atoms with E-state index in [2.05, 4.69) is 86.4 Å². The van der Waals surface area contributed by atoms with E-state index in [1.807, 2.05) is 39.8 Å². The second-order valence-electron chi connectivity index (χ2n) is 12.3. The van der Waals surface area contributed by atoms with E-state index in [1.165, 1.54) is 19.3 Å². The van der Waals surface area contributed by atoms with Crippen LogP contribution in [0.4, 0.5) is 0 Å². The van der Waals surface area contributed by atoms with Gasteiger partial charge >= 0.3 is 266 Å². The molecule has 0 saturated carbocycles. The first-order chi connectivity index (χ1) is 21.1. The monoisotopic (exact) mass is 648 g/mol. The molecule has 0 saturated heterocycles. The Balaban J connectivity index is 1.72. The molecular formula is C39H36O4Se. The Morgan fingerprint density at radius 2 is 1.41 bits per heavy atom. The third-order valence-electron chi connectivity index (χ3n) is 8.12. The van der Waals surface area contributed by atoms with Gasteiger partial charge in [-0.05, 0) is 0 Å². The average molecular weight is 648 g/mol. The van der Waals surface area contributed by atoms with Crippen molar-refractivity contribution in [3.63, 3.8) is 0 Å². The molecule has 0 radical (unpaired) electrons. The van der Waals surface area contributed by atoms with Gasteiger partial charge in [0.25, 0.3) is 0 Å². The number of fused-ring (bicyclic) bond motifs is 5. The number of hydrogen-bond donors (Lipinski definition) is 0. The van der Waals surface area contributed by atoms with Crippen molar-refractivity contribution in [3.8, 4) is 23.0 Å². The minimum atomic E-state index is -1.47. The Bertz CT molecular complexity index is 1980. The van der Waals surface area contributed by atoms with Crippen molar-refractivity contribution in [2.45, 2.75) is 66.6 Å². The van der Waals surface area contributed by atoms with Gasteiger partial charge < -0.3 is 0 Å². The van der Waals surface area contributed by atoms with E-state index in [-0.39, 0.29) is 39.6 Å². The van der Waals surface area contributed by atoms with Gasteiger partial charge in [0, 0.05) is 0 Å². The van der Waals surface area contributed by atoms with Gasteiger partial charge in [-0.1, -0.05) is 0 Å². The Morgan fingerprint density at radius 3 is 2.07 bits per heavy atom. The molecule has 4 nitrogen and oxygen atoms in total. The normalized spacial score (nSPS) is 13.6. The van der Waals surface area contributed by atoms with Crippen molar-refractivity contribution in [1.29, 1.82) is 0 Å². The van der Waals surface area contributed by atoms with Crippen molar-refractivity contribution < 1.29 is 19.1 Å². The molecule has 1 aromatic heterocycles. The van der Waals surface area contributed by atoms with Gasteiger partial charge in [-0.25, -0.2) is 0 Å². The number of esters is 2. The summed E-state index contributed by atoms with van der Waals surface area (Å²) in [5, 5.41) is 2.37. The molecule has 0 spiro atoms. The Morgan fingerprint density at radius 1 is 0.773 bits per heavy atom. The average Bonchev–Trinajstić information content (AvgIpc) is 3.56. The van der Waals surface area contributed by atoms with Gasteiger partial charge in [0.1, 0.15) is 0 Å². The molecule has 4 aromatic carbocycles.